The largest absolute Gasteiger partial charge is 0.484 e. The van der Waals surface area contributed by atoms with Crippen molar-refractivity contribution >= 4 is 17.3 Å². The molecule has 1 fully saturated rings. The Morgan fingerprint density at radius 1 is 1.10 bits per heavy atom. The second-order valence-electron chi connectivity index (χ2n) is 6.41. The van der Waals surface area contributed by atoms with Crippen molar-refractivity contribution < 1.29 is 27.1 Å². The SMILES string of the molecule is C/C(=N/Nc1c(F)c(F)nc(F)c1F)c1ccc(OCC(=O)N2CCCC2)cc1. The van der Waals surface area contributed by atoms with Gasteiger partial charge in [-0.1, -0.05) is 0 Å². The Morgan fingerprint density at radius 3 is 2.28 bits per heavy atom. The molecule has 1 N–H and O–H groups in total. The minimum atomic E-state index is -1.77. The molecule has 0 aliphatic carbocycles. The molecule has 154 valence electrons. The van der Waals surface area contributed by atoms with Crippen molar-refractivity contribution in [1.82, 2.24) is 9.88 Å². The van der Waals surface area contributed by atoms with E-state index in [9.17, 15) is 22.4 Å². The number of benzene rings is 1. The van der Waals surface area contributed by atoms with Crippen LogP contribution in [0.2, 0.25) is 0 Å². The summed E-state index contributed by atoms with van der Waals surface area (Å²) in [6.45, 7) is 2.96. The monoisotopic (exact) mass is 410 g/mol. The van der Waals surface area contributed by atoms with Gasteiger partial charge < -0.3 is 9.64 Å². The Hall–Kier alpha value is -3.17. The highest BCUT2D eigenvalue weighted by Crippen LogP contribution is 2.22. The number of carbonyl (C=O) groups is 1. The van der Waals surface area contributed by atoms with Crippen LogP contribution in [0.3, 0.4) is 0 Å². The van der Waals surface area contributed by atoms with E-state index in [0.717, 1.165) is 25.9 Å². The summed E-state index contributed by atoms with van der Waals surface area (Å²) in [6, 6.07) is 6.46. The van der Waals surface area contributed by atoms with Gasteiger partial charge in [-0.3, -0.25) is 10.2 Å². The molecule has 2 aromatic rings. The van der Waals surface area contributed by atoms with Gasteiger partial charge in [0.15, 0.2) is 6.61 Å². The molecule has 6 nitrogen and oxygen atoms in total. The molecule has 2 heterocycles. The van der Waals surface area contributed by atoms with Gasteiger partial charge in [0.1, 0.15) is 11.4 Å². The van der Waals surface area contributed by atoms with Gasteiger partial charge in [0.25, 0.3) is 17.8 Å². The molecule has 0 spiro atoms. The number of nitrogens with one attached hydrogen (secondary N) is 1. The van der Waals surface area contributed by atoms with Crippen LogP contribution in [0.1, 0.15) is 25.3 Å². The number of hydrogen-bond donors (Lipinski definition) is 1. The Kier molecular flexibility index (Phi) is 6.30. The minimum Gasteiger partial charge on any atom is -0.484 e. The highest BCUT2D eigenvalue weighted by molar-refractivity contribution is 5.99. The van der Waals surface area contributed by atoms with E-state index >= 15 is 0 Å². The number of hydrazone groups is 1. The van der Waals surface area contributed by atoms with E-state index in [1.165, 1.54) is 6.92 Å². The van der Waals surface area contributed by atoms with Crippen LogP contribution in [-0.2, 0) is 4.79 Å². The number of ether oxygens (including phenoxy) is 1. The van der Waals surface area contributed by atoms with E-state index in [1.807, 2.05) is 5.43 Å². The zero-order valence-corrected chi connectivity index (χ0v) is 15.5. The molecular weight excluding hydrogens is 392 g/mol. The van der Waals surface area contributed by atoms with Gasteiger partial charge in [0.05, 0.1) is 5.71 Å². The van der Waals surface area contributed by atoms with Crippen LogP contribution in [0.4, 0.5) is 23.2 Å². The lowest BCUT2D eigenvalue weighted by Gasteiger charge is -2.15. The molecule has 1 saturated heterocycles. The predicted octanol–water partition coefficient (Wildman–Crippen LogP) is 3.48. The first-order valence-electron chi connectivity index (χ1n) is 8.88. The highest BCUT2D eigenvalue weighted by Gasteiger charge is 2.21. The van der Waals surface area contributed by atoms with Gasteiger partial charge in [-0.15, -0.1) is 0 Å². The average Bonchev–Trinajstić information content (AvgIpc) is 3.26. The first-order valence-corrected chi connectivity index (χ1v) is 8.88. The topological polar surface area (TPSA) is 66.8 Å². The van der Waals surface area contributed by atoms with E-state index in [0.29, 0.717) is 17.0 Å². The molecule has 0 radical (unpaired) electrons. The van der Waals surface area contributed by atoms with E-state index in [2.05, 4.69) is 10.1 Å². The molecule has 1 aromatic heterocycles. The fraction of sp³-hybridized carbons (Fsp3) is 0.316. The van der Waals surface area contributed by atoms with Gasteiger partial charge in [0.2, 0.25) is 11.6 Å². The Morgan fingerprint density at radius 2 is 1.69 bits per heavy atom. The molecule has 0 unspecified atom stereocenters. The summed E-state index contributed by atoms with van der Waals surface area (Å²) < 4.78 is 58.9. The molecule has 3 rings (SSSR count). The van der Waals surface area contributed by atoms with Crippen molar-refractivity contribution in [3.8, 4) is 5.75 Å². The van der Waals surface area contributed by atoms with Gasteiger partial charge in [-0.25, -0.2) is 0 Å². The van der Waals surface area contributed by atoms with Gasteiger partial charge >= 0.3 is 0 Å². The first kappa shape index (κ1) is 20.6. The number of amides is 1. The lowest BCUT2D eigenvalue weighted by Crippen LogP contribution is -2.32. The number of nitrogens with zero attached hydrogens (tertiary/aromatic N) is 3. The third-order valence-corrected chi connectivity index (χ3v) is 4.43. The molecule has 1 aliphatic heterocycles. The summed E-state index contributed by atoms with van der Waals surface area (Å²) in [5.74, 6) is -6.50. The van der Waals surface area contributed by atoms with E-state index in [1.54, 1.807) is 29.2 Å². The minimum absolute atomic E-state index is 0.0638. The number of carbonyl (C=O) groups excluding carboxylic acids is 1. The molecule has 10 heteroatoms. The van der Waals surface area contributed by atoms with Crippen LogP contribution in [0.25, 0.3) is 0 Å². The van der Waals surface area contributed by atoms with Crippen molar-refractivity contribution in [3.05, 3.63) is 53.4 Å². The Labute approximate surface area is 164 Å². The number of likely N-dealkylation sites (tertiary alicyclic amines) is 1. The summed E-state index contributed by atoms with van der Waals surface area (Å²) in [4.78, 5) is 16.2. The van der Waals surface area contributed by atoms with Crippen LogP contribution in [0.5, 0.6) is 5.75 Å². The molecule has 0 bridgehead atoms. The number of halogens is 4. The van der Waals surface area contributed by atoms with Crippen LogP contribution < -0.4 is 10.2 Å². The summed E-state index contributed by atoms with van der Waals surface area (Å²) >= 11 is 0. The van der Waals surface area contributed by atoms with Crippen LogP contribution in [-0.4, -0.2) is 41.2 Å². The number of pyridine rings is 1. The van der Waals surface area contributed by atoms with Gasteiger partial charge in [-0.2, -0.15) is 27.6 Å². The second-order valence-corrected chi connectivity index (χ2v) is 6.41. The Bertz CT molecular complexity index is 903. The molecular formula is C19H18F4N4O2. The summed E-state index contributed by atoms with van der Waals surface area (Å²) in [7, 11) is 0. The fourth-order valence-electron chi connectivity index (χ4n) is 2.78. The maximum Gasteiger partial charge on any atom is 0.260 e. The van der Waals surface area contributed by atoms with Crippen molar-refractivity contribution in [1.29, 1.82) is 0 Å². The highest BCUT2D eigenvalue weighted by atomic mass is 19.2. The average molecular weight is 410 g/mol. The maximum atomic E-state index is 13.6. The number of anilines is 1. The lowest BCUT2D eigenvalue weighted by molar-refractivity contribution is -0.132. The Balaban J connectivity index is 1.63. The molecule has 0 saturated carbocycles. The van der Waals surface area contributed by atoms with Crippen LogP contribution >= 0.6 is 0 Å². The normalized spacial score (nSPS) is 14.2. The zero-order valence-electron chi connectivity index (χ0n) is 15.5. The summed E-state index contributed by atoms with van der Waals surface area (Å²) in [5, 5.41) is 3.75. The predicted molar refractivity (Wildman–Crippen MR) is 97.7 cm³/mol. The van der Waals surface area contributed by atoms with Gasteiger partial charge in [0, 0.05) is 13.1 Å². The molecule has 1 aliphatic rings. The van der Waals surface area contributed by atoms with Crippen LogP contribution in [0, 0.1) is 23.5 Å². The number of hydrogen-bond acceptors (Lipinski definition) is 5. The van der Waals surface area contributed by atoms with Crippen molar-refractivity contribution in [2.45, 2.75) is 19.8 Å². The van der Waals surface area contributed by atoms with E-state index in [-0.39, 0.29) is 12.5 Å². The van der Waals surface area contributed by atoms with Gasteiger partial charge in [-0.05, 0) is 49.6 Å². The maximum absolute atomic E-state index is 13.6. The van der Waals surface area contributed by atoms with Crippen molar-refractivity contribution in [2.24, 2.45) is 5.10 Å². The second kappa shape index (κ2) is 8.89. The third-order valence-electron chi connectivity index (χ3n) is 4.43. The quantitative estimate of drug-likeness (QED) is 0.343. The lowest BCUT2D eigenvalue weighted by atomic mass is 10.1. The summed E-state index contributed by atoms with van der Waals surface area (Å²) in [5.41, 5.74) is 1.76. The zero-order chi connectivity index (χ0) is 21.0. The number of rotatable bonds is 6. The molecule has 0 atom stereocenters. The third kappa shape index (κ3) is 4.82. The van der Waals surface area contributed by atoms with Crippen LogP contribution in [0.15, 0.2) is 29.4 Å². The van der Waals surface area contributed by atoms with Crippen molar-refractivity contribution in [3.63, 3.8) is 0 Å². The summed E-state index contributed by atoms with van der Waals surface area (Å²) in [6.07, 6.45) is 2.00. The first-order chi connectivity index (χ1) is 13.9. The van der Waals surface area contributed by atoms with Crippen molar-refractivity contribution in [2.75, 3.05) is 25.1 Å². The standard InChI is InChI=1S/C19H18F4N4O2/c1-11(25-26-17-15(20)18(22)24-19(23)16(17)21)12-4-6-13(7-5-12)29-10-14(28)27-8-2-3-9-27/h4-7H,2-3,8-10H2,1H3,(H,24,26)/b25-11-. The van der Waals surface area contributed by atoms with E-state index < -0.39 is 29.2 Å². The molecule has 1 aromatic carbocycles. The molecule has 1 amide bonds. The smallest absolute Gasteiger partial charge is 0.260 e. The number of aromatic nitrogens is 1. The fourth-order valence-corrected chi connectivity index (χ4v) is 2.78. The molecule has 29 heavy (non-hydrogen) atoms. The van der Waals surface area contributed by atoms with E-state index in [4.69, 9.17) is 4.74 Å².